The van der Waals surface area contributed by atoms with Crippen molar-refractivity contribution in [3.63, 3.8) is 0 Å². The molecule has 0 bridgehead atoms. The molecule has 1 unspecified atom stereocenters. The van der Waals surface area contributed by atoms with Crippen LogP contribution in [-0.2, 0) is 4.74 Å². The Balaban J connectivity index is 2.27. The number of nitrogens with two attached hydrogens (primary N) is 1. The fourth-order valence-corrected chi connectivity index (χ4v) is 1.90. The quantitative estimate of drug-likeness (QED) is 0.432. The van der Waals surface area contributed by atoms with Crippen LogP contribution < -0.4 is 5.73 Å². The molecule has 4 nitrogen and oxygen atoms in total. The van der Waals surface area contributed by atoms with Crippen molar-refractivity contribution in [3.8, 4) is 0 Å². The zero-order valence-corrected chi connectivity index (χ0v) is 9.91. The Kier molecular flexibility index (Phi) is 5.47. The monoisotopic (exact) mass is 213 g/mol. The van der Waals surface area contributed by atoms with Gasteiger partial charge in [0.05, 0.1) is 0 Å². The maximum atomic E-state index is 5.93. The van der Waals surface area contributed by atoms with Gasteiger partial charge in [-0.1, -0.05) is 6.92 Å². The van der Waals surface area contributed by atoms with E-state index < -0.39 is 0 Å². The van der Waals surface area contributed by atoms with Crippen LogP contribution in [0.3, 0.4) is 0 Å². The van der Waals surface area contributed by atoms with Gasteiger partial charge in [-0.2, -0.15) is 0 Å². The molecule has 1 atom stereocenters. The highest BCUT2D eigenvalue weighted by atomic mass is 16.5. The third-order valence-electron chi connectivity index (χ3n) is 2.76. The highest BCUT2D eigenvalue weighted by Crippen LogP contribution is 2.14. The van der Waals surface area contributed by atoms with Gasteiger partial charge in [0.25, 0.3) is 0 Å². The number of hydrogen-bond acceptors (Lipinski definition) is 2. The number of piperidine rings is 1. The Morgan fingerprint density at radius 2 is 2.40 bits per heavy atom. The van der Waals surface area contributed by atoms with Gasteiger partial charge in [-0.15, -0.1) is 0 Å². The first-order chi connectivity index (χ1) is 7.24. The molecule has 1 aliphatic rings. The Hall–Kier alpha value is -0.770. The summed E-state index contributed by atoms with van der Waals surface area (Å²) in [5, 5.41) is 0. The van der Waals surface area contributed by atoms with Crippen molar-refractivity contribution in [1.82, 2.24) is 4.90 Å². The van der Waals surface area contributed by atoms with Crippen molar-refractivity contribution in [2.24, 2.45) is 16.6 Å². The third kappa shape index (κ3) is 4.51. The minimum Gasteiger partial charge on any atom is -0.385 e. The minimum absolute atomic E-state index is 0.706. The molecule has 0 aliphatic carbocycles. The van der Waals surface area contributed by atoms with Gasteiger partial charge in [0.1, 0.15) is 0 Å². The molecule has 15 heavy (non-hydrogen) atoms. The lowest BCUT2D eigenvalue weighted by Gasteiger charge is -2.31. The van der Waals surface area contributed by atoms with E-state index in [1.165, 1.54) is 12.8 Å². The second-order valence-corrected chi connectivity index (χ2v) is 4.28. The van der Waals surface area contributed by atoms with Gasteiger partial charge >= 0.3 is 0 Å². The summed E-state index contributed by atoms with van der Waals surface area (Å²) < 4.78 is 4.96. The topological polar surface area (TPSA) is 50.9 Å². The van der Waals surface area contributed by atoms with Crippen LogP contribution in [-0.4, -0.2) is 44.2 Å². The summed E-state index contributed by atoms with van der Waals surface area (Å²) >= 11 is 0. The Bertz CT molecular complexity index is 206. The molecule has 4 heteroatoms. The summed E-state index contributed by atoms with van der Waals surface area (Å²) in [4.78, 5) is 6.56. The second kappa shape index (κ2) is 6.67. The van der Waals surface area contributed by atoms with Gasteiger partial charge in [-0.25, -0.2) is 0 Å². The van der Waals surface area contributed by atoms with E-state index in [1.807, 2.05) is 0 Å². The molecule has 1 heterocycles. The van der Waals surface area contributed by atoms with E-state index in [2.05, 4.69) is 16.8 Å². The lowest BCUT2D eigenvalue weighted by molar-refractivity contribution is 0.196. The molecular weight excluding hydrogens is 190 g/mol. The Morgan fingerprint density at radius 3 is 3.07 bits per heavy atom. The summed E-state index contributed by atoms with van der Waals surface area (Å²) in [6.45, 7) is 5.91. The number of hydrogen-bond donors (Lipinski definition) is 1. The van der Waals surface area contributed by atoms with Crippen molar-refractivity contribution in [2.45, 2.75) is 26.2 Å². The fraction of sp³-hybridized carbons (Fsp3) is 0.909. The molecule has 0 aromatic carbocycles. The average molecular weight is 213 g/mol. The van der Waals surface area contributed by atoms with E-state index >= 15 is 0 Å². The normalized spacial score (nSPS) is 23.2. The smallest absolute Gasteiger partial charge is 0.191 e. The van der Waals surface area contributed by atoms with Gasteiger partial charge < -0.3 is 15.4 Å². The van der Waals surface area contributed by atoms with E-state index in [1.54, 1.807) is 7.11 Å². The molecule has 0 amide bonds. The summed E-state index contributed by atoms with van der Waals surface area (Å²) in [6, 6.07) is 0. The predicted molar refractivity (Wildman–Crippen MR) is 63.0 cm³/mol. The molecule has 88 valence electrons. The molecule has 1 fully saturated rings. The SMILES string of the molecule is COCCCN=C(N)N1CCCC(C)C1. The largest absolute Gasteiger partial charge is 0.385 e. The van der Waals surface area contributed by atoms with E-state index in [4.69, 9.17) is 10.5 Å². The molecule has 1 rings (SSSR count). The number of likely N-dealkylation sites (tertiary alicyclic amines) is 1. The Morgan fingerprint density at radius 1 is 1.60 bits per heavy atom. The first-order valence-corrected chi connectivity index (χ1v) is 5.78. The van der Waals surface area contributed by atoms with Crippen molar-refractivity contribution >= 4 is 5.96 Å². The Labute approximate surface area is 92.5 Å². The van der Waals surface area contributed by atoms with Crippen molar-refractivity contribution in [1.29, 1.82) is 0 Å². The lowest BCUT2D eigenvalue weighted by atomic mass is 10.0. The van der Waals surface area contributed by atoms with Crippen LogP contribution in [0, 0.1) is 5.92 Å². The second-order valence-electron chi connectivity index (χ2n) is 4.28. The van der Waals surface area contributed by atoms with Crippen LogP contribution in [0.1, 0.15) is 26.2 Å². The summed E-state index contributed by atoms with van der Waals surface area (Å²) in [6.07, 6.45) is 3.49. The highest BCUT2D eigenvalue weighted by Gasteiger charge is 2.17. The van der Waals surface area contributed by atoms with Crippen LogP contribution in [0.2, 0.25) is 0 Å². The molecule has 0 spiro atoms. The standard InChI is InChI=1S/C11H23N3O/c1-10-5-3-7-14(9-10)11(12)13-6-4-8-15-2/h10H,3-9H2,1-2H3,(H2,12,13). The number of aliphatic imine (C=N–C) groups is 1. The average Bonchev–Trinajstić information content (AvgIpc) is 2.24. The summed E-state index contributed by atoms with van der Waals surface area (Å²) in [7, 11) is 1.71. The summed E-state index contributed by atoms with van der Waals surface area (Å²) in [5.74, 6) is 1.45. The number of methoxy groups -OCH3 is 1. The fourth-order valence-electron chi connectivity index (χ4n) is 1.90. The van der Waals surface area contributed by atoms with Crippen molar-refractivity contribution < 1.29 is 4.74 Å². The number of guanidine groups is 1. The van der Waals surface area contributed by atoms with Crippen LogP contribution in [0.25, 0.3) is 0 Å². The zero-order chi connectivity index (χ0) is 11.1. The molecule has 0 aromatic heterocycles. The highest BCUT2D eigenvalue weighted by molar-refractivity contribution is 5.78. The van der Waals surface area contributed by atoms with Gasteiger partial charge in [-0.3, -0.25) is 4.99 Å². The molecule has 2 N–H and O–H groups in total. The van der Waals surface area contributed by atoms with E-state index in [0.717, 1.165) is 38.6 Å². The molecule has 0 saturated carbocycles. The van der Waals surface area contributed by atoms with Crippen LogP contribution in [0.4, 0.5) is 0 Å². The van der Waals surface area contributed by atoms with Gasteiger partial charge in [0.15, 0.2) is 5.96 Å². The maximum absolute atomic E-state index is 5.93. The molecule has 1 saturated heterocycles. The molecule has 0 aromatic rings. The third-order valence-corrected chi connectivity index (χ3v) is 2.76. The van der Waals surface area contributed by atoms with Gasteiger partial charge in [0, 0.05) is 33.4 Å². The number of rotatable bonds is 4. The molecule has 1 aliphatic heterocycles. The first kappa shape index (κ1) is 12.3. The van der Waals surface area contributed by atoms with Gasteiger partial charge in [0.2, 0.25) is 0 Å². The summed E-state index contributed by atoms with van der Waals surface area (Å²) in [5.41, 5.74) is 5.93. The van der Waals surface area contributed by atoms with Crippen LogP contribution in [0.15, 0.2) is 4.99 Å². The van der Waals surface area contributed by atoms with Crippen molar-refractivity contribution in [3.05, 3.63) is 0 Å². The van der Waals surface area contributed by atoms with Crippen LogP contribution >= 0.6 is 0 Å². The van der Waals surface area contributed by atoms with Crippen LogP contribution in [0.5, 0.6) is 0 Å². The molecule has 0 radical (unpaired) electrons. The predicted octanol–water partition coefficient (Wildman–Crippen LogP) is 1.07. The molecular formula is C11H23N3O. The lowest BCUT2D eigenvalue weighted by Crippen LogP contribution is -2.43. The zero-order valence-electron chi connectivity index (χ0n) is 9.91. The van der Waals surface area contributed by atoms with Gasteiger partial charge in [-0.05, 0) is 25.2 Å². The number of ether oxygens (including phenoxy) is 1. The van der Waals surface area contributed by atoms with E-state index in [9.17, 15) is 0 Å². The first-order valence-electron chi connectivity index (χ1n) is 5.78. The minimum atomic E-state index is 0.706. The van der Waals surface area contributed by atoms with Crippen molar-refractivity contribution in [2.75, 3.05) is 33.4 Å². The number of nitrogens with zero attached hydrogens (tertiary/aromatic N) is 2. The van der Waals surface area contributed by atoms with E-state index in [0.29, 0.717) is 5.96 Å². The maximum Gasteiger partial charge on any atom is 0.191 e. The van der Waals surface area contributed by atoms with E-state index in [-0.39, 0.29) is 0 Å².